The van der Waals surface area contributed by atoms with Crippen molar-refractivity contribution in [1.29, 1.82) is 0 Å². The molecule has 3 nitrogen and oxygen atoms in total. The van der Waals surface area contributed by atoms with E-state index in [1.807, 2.05) is 36.9 Å². The van der Waals surface area contributed by atoms with Crippen LogP contribution in [0.5, 0.6) is 0 Å². The Labute approximate surface area is 107 Å². The molecule has 2 aliphatic rings. The van der Waals surface area contributed by atoms with Gasteiger partial charge in [0, 0.05) is 18.9 Å². The molecule has 3 heteroatoms. The second-order valence-electron chi connectivity index (χ2n) is 4.28. The van der Waals surface area contributed by atoms with Crippen LogP contribution in [0.4, 0.5) is 0 Å². The average molecular weight is 237 g/mol. The van der Waals surface area contributed by atoms with E-state index < -0.39 is 0 Å². The second kappa shape index (κ2) is 4.92. The first-order valence-corrected chi connectivity index (χ1v) is 6.08. The Hall–Kier alpha value is -2.29. The largest absolute Gasteiger partial charge is 0.387 e. The minimum absolute atomic E-state index is 0.220. The lowest BCUT2D eigenvalue weighted by atomic mass is 9.96. The molecule has 0 bridgehead atoms. The van der Waals surface area contributed by atoms with E-state index in [1.54, 1.807) is 0 Å². The Bertz CT molecular complexity index is 538. The molecule has 1 aromatic rings. The van der Waals surface area contributed by atoms with Crippen LogP contribution in [0.25, 0.3) is 0 Å². The van der Waals surface area contributed by atoms with Crippen molar-refractivity contribution in [3.63, 3.8) is 0 Å². The molecule has 0 radical (unpaired) electrons. The molecule has 3 heterocycles. The molecular formula is C15H15N3. The molecule has 0 amide bonds. The highest BCUT2D eigenvalue weighted by atomic mass is 14.9. The van der Waals surface area contributed by atoms with Gasteiger partial charge in [-0.1, -0.05) is 6.08 Å². The molecule has 2 N–H and O–H groups in total. The summed E-state index contributed by atoms with van der Waals surface area (Å²) in [6.07, 6.45) is 16.3. The molecule has 0 aromatic carbocycles. The summed E-state index contributed by atoms with van der Waals surface area (Å²) in [5, 5.41) is 6.52. The molecule has 2 aliphatic heterocycles. The van der Waals surface area contributed by atoms with Crippen LogP contribution in [-0.2, 0) is 0 Å². The van der Waals surface area contributed by atoms with Crippen molar-refractivity contribution in [3.8, 4) is 0 Å². The minimum atomic E-state index is 0.220. The first-order chi connectivity index (χ1) is 8.93. The number of dihydropyridines is 2. The summed E-state index contributed by atoms with van der Waals surface area (Å²) in [5.41, 5.74) is 3.75. The highest BCUT2D eigenvalue weighted by Gasteiger charge is 2.12. The van der Waals surface area contributed by atoms with Crippen LogP contribution in [0, 0.1) is 0 Å². The topological polar surface area (TPSA) is 37.0 Å². The van der Waals surface area contributed by atoms with Gasteiger partial charge in [0.1, 0.15) is 0 Å². The average Bonchev–Trinajstić information content (AvgIpc) is 2.49. The third-order valence-corrected chi connectivity index (χ3v) is 3.10. The molecule has 90 valence electrons. The molecule has 0 fully saturated rings. The number of nitrogens with one attached hydrogen (secondary N) is 2. The maximum atomic E-state index is 4.05. The molecule has 18 heavy (non-hydrogen) atoms. The molecular weight excluding hydrogens is 222 g/mol. The molecule has 1 aromatic heterocycles. The molecule has 1 atom stereocenters. The standard InChI is InChI=1S/C15H15N3/c1-6-16-7-2-12(1)14-5-10-18-15(11-14)13-3-8-17-9-4-13/h1-6,8-11,15-16,18H,7H2. The fourth-order valence-corrected chi connectivity index (χ4v) is 2.15. The predicted molar refractivity (Wildman–Crippen MR) is 72.6 cm³/mol. The minimum Gasteiger partial charge on any atom is -0.387 e. The van der Waals surface area contributed by atoms with Gasteiger partial charge in [0.05, 0.1) is 6.04 Å². The smallest absolute Gasteiger partial charge is 0.0702 e. The number of allylic oxidation sites excluding steroid dienone is 4. The third-order valence-electron chi connectivity index (χ3n) is 3.10. The summed E-state index contributed by atoms with van der Waals surface area (Å²) < 4.78 is 0. The van der Waals surface area contributed by atoms with Gasteiger partial charge in [0.15, 0.2) is 0 Å². The Morgan fingerprint density at radius 3 is 2.67 bits per heavy atom. The van der Waals surface area contributed by atoms with Crippen molar-refractivity contribution >= 4 is 0 Å². The van der Waals surface area contributed by atoms with E-state index in [-0.39, 0.29) is 6.04 Å². The van der Waals surface area contributed by atoms with Gasteiger partial charge in [0.25, 0.3) is 0 Å². The second-order valence-corrected chi connectivity index (χ2v) is 4.28. The van der Waals surface area contributed by atoms with Gasteiger partial charge in [0.2, 0.25) is 0 Å². The van der Waals surface area contributed by atoms with Crippen LogP contribution in [0.15, 0.2) is 72.4 Å². The van der Waals surface area contributed by atoms with E-state index in [9.17, 15) is 0 Å². The van der Waals surface area contributed by atoms with Crippen LogP contribution in [0.3, 0.4) is 0 Å². The summed E-state index contributed by atoms with van der Waals surface area (Å²) in [4.78, 5) is 4.05. The van der Waals surface area contributed by atoms with Gasteiger partial charge in [-0.3, -0.25) is 4.98 Å². The van der Waals surface area contributed by atoms with Crippen LogP contribution >= 0.6 is 0 Å². The predicted octanol–water partition coefficient (Wildman–Crippen LogP) is 2.21. The maximum absolute atomic E-state index is 4.05. The van der Waals surface area contributed by atoms with Crippen molar-refractivity contribution in [2.75, 3.05) is 6.54 Å². The first kappa shape index (κ1) is 10.8. The Balaban J connectivity index is 1.88. The van der Waals surface area contributed by atoms with Gasteiger partial charge in [-0.25, -0.2) is 0 Å². The zero-order chi connectivity index (χ0) is 12.2. The van der Waals surface area contributed by atoms with Crippen LogP contribution in [-0.4, -0.2) is 11.5 Å². The molecule has 0 saturated heterocycles. The van der Waals surface area contributed by atoms with Crippen molar-refractivity contribution in [3.05, 3.63) is 77.9 Å². The Morgan fingerprint density at radius 1 is 1.06 bits per heavy atom. The van der Waals surface area contributed by atoms with Gasteiger partial charge in [-0.2, -0.15) is 0 Å². The molecule has 0 saturated carbocycles. The monoisotopic (exact) mass is 237 g/mol. The van der Waals surface area contributed by atoms with Crippen LogP contribution in [0.1, 0.15) is 11.6 Å². The number of pyridine rings is 1. The molecule has 0 spiro atoms. The molecule has 3 rings (SSSR count). The van der Waals surface area contributed by atoms with Crippen molar-refractivity contribution in [2.24, 2.45) is 0 Å². The zero-order valence-corrected chi connectivity index (χ0v) is 10.0. The third kappa shape index (κ3) is 2.20. The summed E-state index contributed by atoms with van der Waals surface area (Å²) in [7, 11) is 0. The maximum Gasteiger partial charge on any atom is 0.0702 e. The highest BCUT2D eigenvalue weighted by Crippen LogP contribution is 2.24. The van der Waals surface area contributed by atoms with Gasteiger partial charge >= 0.3 is 0 Å². The fraction of sp³-hybridized carbons (Fsp3) is 0.133. The van der Waals surface area contributed by atoms with E-state index in [4.69, 9.17) is 0 Å². The van der Waals surface area contributed by atoms with E-state index in [0.29, 0.717) is 0 Å². The number of aromatic nitrogens is 1. The number of rotatable bonds is 2. The number of hydrogen-bond acceptors (Lipinski definition) is 3. The zero-order valence-electron chi connectivity index (χ0n) is 10.0. The quantitative estimate of drug-likeness (QED) is 0.828. The fourth-order valence-electron chi connectivity index (χ4n) is 2.15. The van der Waals surface area contributed by atoms with E-state index in [1.165, 1.54) is 16.7 Å². The van der Waals surface area contributed by atoms with Crippen LogP contribution in [0.2, 0.25) is 0 Å². The summed E-state index contributed by atoms with van der Waals surface area (Å²) in [5.74, 6) is 0. The Kier molecular flexibility index (Phi) is 2.96. The van der Waals surface area contributed by atoms with E-state index >= 15 is 0 Å². The first-order valence-electron chi connectivity index (χ1n) is 6.08. The lowest BCUT2D eigenvalue weighted by molar-refractivity contribution is 0.739. The summed E-state index contributed by atoms with van der Waals surface area (Å²) in [6, 6.07) is 4.30. The summed E-state index contributed by atoms with van der Waals surface area (Å²) in [6.45, 7) is 0.893. The van der Waals surface area contributed by atoms with Crippen molar-refractivity contribution in [1.82, 2.24) is 15.6 Å². The van der Waals surface area contributed by atoms with Crippen LogP contribution < -0.4 is 10.6 Å². The van der Waals surface area contributed by atoms with Gasteiger partial charge in [-0.15, -0.1) is 0 Å². The number of nitrogens with zero attached hydrogens (tertiary/aromatic N) is 1. The van der Waals surface area contributed by atoms with Gasteiger partial charge < -0.3 is 10.6 Å². The lowest BCUT2D eigenvalue weighted by Gasteiger charge is -2.20. The normalized spacial score (nSPS) is 21.7. The van der Waals surface area contributed by atoms with E-state index in [0.717, 1.165) is 6.54 Å². The van der Waals surface area contributed by atoms with Crippen molar-refractivity contribution in [2.45, 2.75) is 6.04 Å². The SMILES string of the molecule is C1=CC(C2=CC(c3ccncc3)NC=C2)=CCN1. The van der Waals surface area contributed by atoms with Gasteiger partial charge in [-0.05, 0) is 59.5 Å². The van der Waals surface area contributed by atoms with E-state index in [2.05, 4.69) is 39.9 Å². The lowest BCUT2D eigenvalue weighted by Crippen LogP contribution is -2.17. The Morgan fingerprint density at radius 2 is 1.89 bits per heavy atom. The molecule has 0 aliphatic carbocycles. The number of hydrogen-bond donors (Lipinski definition) is 2. The summed E-state index contributed by atoms with van der Waals surface area (Å²) >= 11 is 0. The van der Waals surface area contributed by atoms with Crippen molar-refractivity contribution < 1.29 is 0 Å². The molecule has 1 unspecified atom stereocenters. The highest BCUT2D eigenvalue weighted by molar-refractivity contribution is 5.50.